The van der Waals surface area contributed by atoms with Gasteiger partial charge in [0.2, 0.25) is 0 Å². The summed E-state index contributed by atoms with van der Waals surface area (Å²) in [6, 6.07) is 13.9. The van der Waals surface area contributed by atoms with E-state index in [1.807, 2.05) is 0 Å². The van der Waals surface area contributed by atoms with Gasteiger partial charge in [0, 0.05) is 26.3 Å². The van der Waals surface area contributed by atoms with Gasteiger partial charge in [-0.05, 0) is 42.0 Å². The molecule has 1 N–H and O–H groups in total. The van der Waals surface area contributed by atoms with Crippen molar-refractivity contribution in [3.8, 4) is 11.5 Å². The number of aliphatic carboxylic acids is 1. The van der Waals surface area contributed by atoms with Crippen molar-refractivity contribution in [1.82, 2.24) is 4.90 Å². The molecule has 0 saturated heterocycles. The Morgan fingerprint density at radius 3 is 2.11 bits per heavy atom. The molecule has 144 valence electrons. The molecule has 7 nitrogen and oxygen atoms in total. The minimum atomic E-state index is -1.03. The minimum Gasteiger partial charge on any atom is -0.491 e. The number of methoxy groups -OCH3 is 1. The summed E-state index contributed by atoms with van der Waals surface area (Å²) in [5, 5.41) is 8.61. The van der Waals surface area contributed by atoms with Crippen molar-refractivity contribution in [3.63, 3.8) is 0 Å². The summed E-state index contributed by atoms with van der Waals surface area (Å²) in [4.78, 5) is 24.6. The first-order chi connectivity index (χ1) is 13.0. The molecule has 0 radical (unpaired) electrons. The van der Waals surface area contributed by atoms with E-state index in [0.29, 0.717) is 36.8 Å². The number of hydrogen-bond acceptors (Lipinski definition) is 5. The maximum Gasteiger partial charge on any atom is 0.341 e. The lowest BCUT2D eigenvalue weighted by Gasteiger charge is -2.18. The normalized spacial score (nSPS) is 10.3. The largest absolute Gasteiger partial charge is 0.491 e. The molecular weight excluding hydrogens is 350 g/mol. The number of carbonyl (C=O) groups excluding carboxylic acids is 1. The lowest BCUT2D eigenvalue weighted by atomic mass is 10.1. The quantitative estimate of drug-likeness (QED) is 0.644. The second-order valence-electron chi connectivity index (χ2n) is 5.85. The number of carboxylic acid groups (broad SMARTS) is 1. The van der Waals surface area contributed by atoms with Crippen LogP contribution >= 0.6 is 0 Å². The maximum absolute atomic E-state index is 12.5. The van der Waals surface area contributed by atoms with E-state index in [9.17, 15) is 9.59 Å². The van der Waals surface area contributed by atoms with E-state index in [1.54, 1.807) is 67.6 Å². The molecule has 0 aliphatic carbocycles. The molecular formula is C20H23NO6. The predicted molar refractivity (Wildman–Crippen MR) is 99.2 cm³/mol. The third-order valence-corrected chi connectivity index (χ3v) is 3.71. The van der Waals surface area contributed by atoms with Gasteiger partial charge in [0.15, 0.2) is 6.61 Å². The van der Waals surface area contributed by atoms with Gasteiger partial charge in [0.25, 0.3) is 5.91 Å². The first kappa shape index (κ1) is 20.3. The Labute approximate surface area is 158 Å². The highest BCUT2D eigenvalue weighted by Crippen LogP contribution is 2.16. The summed E-state index contributed by atoms with van der Waals surface area (Å²) >= 11 is 0. The zero-order chi connectivity index (χ0) is 19.6. The van der Waals surface area contributed by atoms with Crippen molar-refractivity contribution in [1.29, 1.82) is 0 Å². The van der Waals surface area contributed by atoms with Gasteiger partial charge in [-0.15, -0.1) is 0 Å². The van der Waals surface area contributed by atoms with Gasteiger partial charge in [-0.2, -0.15) is 0 Å². The number of carboxylic acids is 1. The summed E-state index contributed by atoms with van der Waals surface area (Å²) < 4.78 is 15.5. The highest BCUT2D eigenvalue weighted by atomic mass is 16.5. The molecule has 2 rings (SSSR count). The molecule has 0 aliphatic rings. The molecule has 1 amide bonds. The molecule has 0 saturated carbocycles. The molecule has 27 heavy (non-hydrogen) atoms. The van der Waals surface area contributed by atoms with Gasteiger partial charge in [-0.1, -0.05) is 12.1 Å². The second-order valence-corrected chi connectivity index (χ2v) is 5.85. The predicted octanol–water partition coefficient (Wildman–Crippen LogP) is 2.45. The first-order valence-corrected chi connectivity index (χ1v) is 8.40. The van der Waals surface area contributed by atoms with Gasteiger partial charge in [0.1, 0.15) is 18.1 Å². The van der Waals surface area contributed by atoms with Crippen LogP contribution in [0.5, 0.6) is 11.5 Å². The van der Waals surface area contributed by atoms with E-state index in [4.69, 9.17) is 19.3 Å². The summed E-state index contributed by atoms with van der Waals surface area (Å²) in [5.41, 5.74) is 1.48. The summed E-state index contributed by atoms with van der Waals surface area (Å²) in [7, 11) is 3.33. The highest BCUT2D eigenvalue weighted by molar-refractivity contribution is 5.94. The van der Waals surface area contributed by atoms with E-state index in [-0.39, 0.29) is 12.5 Å². The number of ether oxygens (including phenoxy) is 3. The maximum atomic E-state index is 12.5. The zero-order valence-corrected chi connectivity index (χ0v) is 15.4. The Hall–Kier alpha value is -3.06. The third kappa shape index (κ3) is 6.63. The average Bonchev–Trinajstić information content (AvgIpc) is 2.67. The van der Waals surface area contributed by atoms with Crippen LogP contribution in [0.1, 0.15) is 15.9 Å². The highest BCUT2D eigenvalue weighted by Gasteiger charge is 2.12. The lowest BCUT2D eigenvalue weighted by molar-refractivity contribution is -0.139. The Balaban J connectivity index is 1.90. The van der Waals surface area contributed by atoms with Crippen LogP contribution in [0.4, 0.5) is 0 Å². The first-order valence-electron chi connectivity index (χ1n) is 8.40. The van der Waals surface area contributed by atoms with Gasteiger partial charge >= 0.3 is 5.97 Å². The van der Waals surface area contributed by atoms with Crippen LogP contribution in [-0.2, 0) is 16.1 Å². The van der Waals surface area contributed by atoms with Crippen LogP contribution in [0.15, 0.2) is 48.5 Å². The van der Waals surface area contributed by atoms with Crippen molar-refractivity contribution in [2.45, 2.75) is 6.54 Å². The monoisotopic (exact) mass is 373 g/mol. The number of benzene rings is 2. The van der Waals surface area contributed by atoms with Crippen molar-refractivity contribution < 1.29 is 28.9 Å². The van der Waals surface area contributed by atoms with Crippen LogP contribution < -0.4 is 9.47 Å². The zero-order valence-electron chi connectivity index (χ0n) is 15.4. The number of hydrogen-bond donors (Lipinski definition) is 1. The number of rotatable bonds is 10. The minimum absolute atomic E-state index is 0.107. The molecule has 0 unspecified atom stereocenters. The lowest BCUT2D eigenvalue weighted by Crippen LogP contribution is -2.26. The molecule has 0 aromatic heterocycles. The molecule has 0 heterocycles. The molecule has 2 aromatic carbocycles. The van der Waals surface area contributed by atoms with Crippen molar-refractivity contribution in [2.75, 3.05) is 34.0 Å². The fourth-order valence-corrected chi connectivity index (χ4v) is 2.34. The van der Waals surface area contributed by atoms with Crippen LogP contribution in [0.3, 0.4) is 0 Å². The van der Waals surface area contributed by atoms with Crippen LogP contribution in [0, 0.1) is 0 Å². The number of amides is 1. The smallest absolute Gasteiger partial charge is 0.341 e. The SMILES string of the molecule is COCCOc1ccc(C(=O)N(C)Cc2ccc(OCC(=O)O)cc2)cc1. The Kier molecular flexibility index (Phi) is 7.63. The van der Waals surface area contributed by atoms with Crippen LogP contribution in [0.25, 0.3) is 0 Å². The summed E-state index contributed by atoms with van der Waals surface area (Å²) in [6.45, 7) is 0.993. The third-order valence-electron chi connectivity index (χ3n) is 3.71. The average molecular weight is 373 g/mol. The number of nitrogens with zero attached hydrogens (tertiary/aromatic N) is 1. The Morgan fingerprint density at radius 1 is 0.926 bits per heavy atom. The standard InChI is InChI=1S/C20H23NO6/c1-21(13-15-3-7-18(8-4-15)27-14-19(22)23)20(24)16-5-9-17(10-6-16)26-12-11-25-2/h3-10H,11-14H2,1-2H3,(H,22,23). The summed E-state index contributed by atoms with van der Waals surface area (Å²) in [6.07, 6.45) is 0. The van der Waals surface area contributed by atoms with E-state index in [0.717, 1.165) is 5.56 Å². The molecule has 0 aliphatic heterocycles. The van der Waals surface area contributed by atoms with Gasteiger partial charge < -0.3 is 24.2 Å². The molecule has 0 fully saturated rings. The van der Waals surface area contributed by atoms with Crippen molar-refractivity contribution in [3.05, 3.63) is 59.7 Å². The van der Waals surface area contributed by atoms with E-state index < -0.39 is 5.97 Å². The fourth-order valence-electron chi connectivity index (χ4n) is 2.34. The molecule has 0 atom stereocenters. The van der Waals surface area contributed by atoms with Crippen LogP contribution in [0.2, 0.25) is 0 Å². The van der Waals surface area contributed by atoms with E-state index in [1.165, 1.54) is 0 Å². The fraction of sp³-hybridized carbons (Fsp3) is 0.300. The van der Waals surface area contributed by atoms with Crippen molar-refractivity contribution >= 4 is 11.9 Å². The second kappa shape index (κ2) is 10.2. The molecule has 0 spiro atoms. The van der Waals surface area contributed by atoms with Crippen molar-refractivity contribution in [2.24, 2.45) is 0 Å². The molecule has 7 heteroatoms. The Bertz CT molecular complexity index is 742. The Morgan fingerprint density at radius 2 is 1.52 bits per heavy atom. The van der Waals surface area contributed by atoms with Crippen LogP contribution in [-0.4, -0.2) is 55.9 Å². The van der Waals surface area contributed by atoms with Gasteiger partial charge in [-0.25, -0.2) is 4.79 Å². The summed E-state index contributed by atoms with van der Waals surface area (Å²) in [5.74, 6) is 0.0200. The molecule has 0 bridgehead atoms. The van der Waals surface area contributed by atoms with Gasteiger partial charge in [0.05, 0.1) is 6.61 Å². The van der Waals surface area contributed by atoms with E-state index >= 15 is 0 Å². The van der Waals surface area contributed by atoms with E-state index in [2.05, 4.69) is 0 Å². The van der Waals surface area contributed by atoms with Gasteiger partial charge in [-0.3, -0.25) is 4.79 Å². The molecule has 2 aromatic rings. The topological polar surface area (TPSA) is 85.3 Å². The number of carbonyl (C=O) groups is 2.